The number of rotatable bonds is 4. The van der Waals surface area contributed by atoms with Crippen LogP contribution in [0.1, 0.15) is 53.7 Å². The lowest BCUT2D eigenvalue weighted by Crippen LogP contribution is -2.34. The second-order valence-electron chi connectivity index (χ2n) is 8.05. The summed E-state index contributed by atoms with van der Waals surface area (Å²) in [6, 6.07) is 5.92. The molecule has 0 radical (unpaired) electrons. The van der Waals surface area contributed by atoms with Gasteiger partial charge in [-0.2, -0.15) is 5.10 Å². The number of aryl methyl sites for hydroxylation is 1. The summed E-state index contributed by atoms with van der Waals surface area (Å²) in [4.78, 5) is 15.1. The number of hydrogen-bond donors (Lipinski definition) is 1. The number of likely N-dealkylation sites (tertiary alicyclic amines) is 1. The molecule has 2 fully saturated rings. The zero-order valence-corrected chi connectivity index (χ0v) is 16.1. The smallest absolute Gasteiger partial charge is 0.257 e. The maximum atomic E-state index is 13.2. The zero-order chi connectivity index (χ0) is 18.5. The van der Waals surface area contributed by atoms with Gasteiger partial charge in [-0.15, -0.1) is 0 Å². The van der Waals surface area contributed by atoms with E-state index in [2.05, 4.69) is 12.0 Å². The van der Waals surface area contributed by atoms with E-state index >= 15 is 0 Å². The van der Waals surface area contributed by atoms with Gasteiger partial charge in [0.15, 0.2) is 0 Å². The van der Waals surface area contributed by atoms with Gasteiger partial charge in [0, 0.05) is 24.0 Å². The normalized spacial score (nSPS) is 22.8. The molecule has 2 aliphatic rings. The number of nitrogens with two attached hydrogens (primary N) is 1. The molecule has 6 heteroatoms. The third-order valence-corrected chi connectivity index (χ3v) is 6.15. The van der Waals surface area contributed by atoms with Crippen molar-refractivity contribution < 1.29 is 4.79 Å². The predicted molar refractivity (Wildman–Crippen MR) is 103 cm³/mol. The predicted octanol–water partition coefficient (Wildman–Crippen LogP) is 3.52. The minimum atomic E-state index is 0.0237. The quantitative estimate of drug-likeness (QED) is 0.892. The number of halogens is 1. The van der Waals surface area contributed by atoms with Crippen LogP contribution >= 0.6 is 11.6 Å². The van der Waals surface area contributed by atoms with E-state index in [1.807, 2.05) is 34.7 Å². The number of carbonyl (C=O) groups excluding carboxylic acids is 1. The first-order valence-corrected chi connectivity index (χ1v) is 9.63. The molecule has 1 aliphatic heterocycles. The van der Waals surface area contributed by atoms with Crippen molar-refractivity contribution in [3.05, 3.63) is 46.2 Å². The Morgan fingerprint density at radius 3 is 2.81 bits per heavy atom. The molecule has 138 valence electrons. The minimum absolute atomic E-state index is 0.0237. The number of nitrogens with zero attached hydrogens (tertiary/aromatic N) is 3. The number of benzene rings is 1. The highest BCUT2D eigenvalue weighted by molar-refractivity contribution is 6.31. The molecule has 1 aromatic heterocycles. The number of aromatic nitrogens is 2. The van der Waals surface area contributed by atoms with Crippen molar-refractivity contribution in [2.75, 3.05) is 19.6 Å². The summed E-state index contributed by atoms with van der Waals surface area (Å²) >= 11 is 6.30. The molecule has 4 rings (SSSR count). The maximum Gasteiger partial charge on any atom is 0.257 e. The van der Waals surface area contributed by atoms with Crippen LogP contribution in [-0.4, -0.2) is 40.2 Å². The van der Waals surface area contributed by atoms with Gasteiger partial charge in [0.1, 0.15) is 0 Å². The summed E-state index contributed by atoms with van der Waals surface area (Å²) in [6.07, 6.45) is 4.88. The molecule has 2 N–H and O–H groups in total. The molecule has 1 saturated carbocycles. The van der Waals surface area contributed by atoms with Crippen LogP contribution in [0.5, 0.6) is 0 Å². The van der Waals surface area contributed by atoms with Crippen molar-refractivity contribution in [3.8, 4) is 5.69 Å². The Balaban J connectivity index is 1.69. The molecule has 1 saturated heterocycles. The molecule has 2 heterocycles. The van der Waals surface area contributed by atoms with Crippen molar-refractivity contribution in [1.82, 2.24) is 14.7 Å². The van der Waals surface area contributed by atoms with Gasteiger partial charge in [-0.1, -0.05) is 24.6 Å². The molecule has 1 aromatic carbocycles. The van der Waals surface area contributed by atoms with E-state index in [-0.39, 0.29) is 11.3 Å². The van der Waals surface area contributed by atoms with Gasteiger partial charge in [-0.25, -0.2) is 4.68 Å². The zero-order valence-electron chi connectivity index (χ0n) is 15.3. The Labute approximate surface area is 159 Å². The fraction of sp³-hybridized carbons (Fsp3) is 0.500. The maximum absolute atomic E-state index is 13.2. The molecule has 2 aromatic rings. The summed E-state index contributed by atoms with van der Waals surface area (Å²) in [6.45, 7) is 6.22. The van der Waals surface area contributed by atoms with Crippen LogP contribution in [0.15, 0.2) is 24.4 Å². The molecule has 0 bridgehead atoms. The molecular formula is C20H25ClN4O. The molecule has 1 atom stereocenters. The average molecular weight is 373 g/mol. The van der Waals surface area contributed by atoms with Crippen LogP contribution in [0.4, 0.5) is 0 Å². The van der Waals surface area contributed by atoms with Gasteiger partial charge in [-0.05, 0) is 55.8 Å². The highest BCUT2D eigenvalue weighted by atomic mass is 35.5. The van der Waals surface area contributed by atoms with Crippen molar-refractivity contribution in [2.24, 2.45) is 11.1 Å². The Morgan fingerprint density at radius 1 is 1.42 bits per heavy atom. The van der Waals surface area contributed by atoms with Crippen molar-refractivity contribution >= 4 is 17.5 Å². The van der Waals surface area contributed by atoms with Crippen LogP contribution in [0.25, 0.3) is 5.69 Å². The minimum Gasteiger partial charge on any atom is -0.338 e. The Morgan fingerprint density at radius 2 is 2.19 bits per heavy atom. The average Bonchev–Trinajstić information content (AvgIpc) is 3.25. The molecule has 26 heavy (non-hydrogen) atoms. The first kappa shape index (κ1) is 17.6. The van der Waals surface area contributed by atoms with Gasteiger partial charge < -0.3 is 10.6 Å². The van der Waals surface area contributed by atoms with Gasteiger partial charge in [-0.3, -0.25) is 4.79 Å². The standard InChI is InChI=1S/C20H25ClN4O/c1-13-3-6-15(9-17(13)21)25-18(14-4-5-14)16(10-23-25)19(26)24-8-7-20(2,11-22)12-24/h3,6,9-10,14H,4-5,7-8,11-12,22H2,1-2H3. The van der Waals surface area contributed by atoms with Crippen LogP contribution in [0.2, 0.25) is 5.02 Å². The van der Waals surface area contributed by atoms with Crippen LogP contribution in [-0.2, 0) is 0 Å². The van der Waals surface area contributed by atoms with Crippen molar-refractivity contribution in [1.29, 1.82) is 0 Å². The van der Waals surface area contributed by atoms with Crippen LogP contribution in [0, 0.1) is 12.3 Å². The third kappa shape index (κ3) is 3.03. The van der Waals surface area contributed by atoms with Crippen LogP contribution < -0.4 is 5.73 Å². The summed E-state index contributed by atoms with van der Waals surface area (Å²) in [5.41, 5.74) is 9.62. The van der Waals surface area contributed by atoms with Crippen molar-refractivity contribution in [3.63, 3.8) is 0 Å². The largest absolute Gasteiger partial charge is 0.338 e. The fourth-order valence-electron chi connectivity index (χ4n) is 3.73. The second-order valence-corrected chi connectivity index (χ2v) is 8.46. The number of hydrogen-bond acceptors (Lipinski definition) is 3. The van der Waals surface area contributed by atoms with E-state index in [4.69, 9.17) is 17.3 Å². The van der Waals surface area contributed by atoms with E-state index in [9.17, 15) is 4.79 Å². The molecule has 1 unspecified atom stereocenters. The summed E-state index contributed by atoms with van der Waals surface area (Å²) in [5, 5.41) is 5.27. The lowest BCUT2D eigenvalue weighted by Gasteiger charge is -2.22. The monoisotopic (exact) mass is 372 g/mol. The summed E-state index contributed by atoms with van der Waals surface area (Å²) < 4.78 is 1.90. The Hall–Kier alpha value is -1.85. The van der Waals surface area contributed by atoms with Crippen molar-refractivity contribution in [2.45, 2.75) is 39.0 Å². The van der Waals surface area contributed by atoms with Gasteiger partial charge in [0.05, 0.1) is 23.1 Å². The first-order chi connectivity index (χ1) is 12.4. The van der Waals surface area contributed by atoms with Crippen LogP contribution in [0.3, 0.4) is 0 Å². The fourth-order valence-corrected chi connectivity index (χ4v) is 3.90. The van der Waals surface area contributed by atoms with E-state index in [0.717, 1.165) is 48.3 Å². The highest BCUT2D eigenvalue weighted by Crippen LogP contribution is 2.43. The molecule has 5 nitrogen and oxygen atoms in total. The topological polar surface area (TPSA) is 64.2 Å². The third-order valence-electron chi connectivity index (χ3n) is 5.74. The van der Waals surface area contributed by atoms with E-state index < -0.39 is 0 Å². The van der Waals surface area contributed by atoms with Gasteiger partial charge in [0.25, 0.3) is 5.91 Å². The number of amides is 1. The van der Waals surface area contributed by atoms with Gasteiger partial charge in [0.2, 0.25) is 0 Å². The van der Waals surface area contributed by atoms with E-state index in [1.54, 1.807) is 6.20 Å². The molecular weight excluding hydrogens is 348 g/mol. The Kier molecular flexibility index (Phi) is 4.32. The highest BCUT2D eigenvalue weighted by Gasteiger charge is 2.39. The second kappa shape index (κ2) is 6.39. The SMILES string of the molecule is Cc1ccc(-n2ncc(C(=O)N3CCC(C)(CN)C3)c2C2CC2)cc1Cl. The number of carbonyl (C=O) groups is 1. The molecule has 0 spiro atoms. The summed E-state index contributed by atoms with van der Waals surface area (Å²) in [5.74, 6) is 0.480. The van der Waals surface area contributed by atoms with E-state index in [1.165, 1.54) is 0 Å². The molecule has 1 aliphatic carbocycles. The van der Waals surface area contributed by atoms with Gasteiger partial charge >= 0.3 is 0 Å². The Bertz CT molecular complexity index is 857. The van der Waals surface area contributed by atoms with E-state index in [0.29, 0.717) is 24.0 Å². The lowest BCUT2D eigenvalue weighted by molar-refractivity contribution is 0.0775. The summed E-state index contributed by atoms with van der Waals surface area (Å²) in [7, 11) is 0. The lowest BCUT2D eigenvalue weighted by atomic mass is 9.90. The first-order valence-electron chi connectivity index (χ1n) is 9.26. The molecule has 1 amide bonds.